The molecule has 1 aliphatic heterocycles. The van der Waals surface area contributed by atoms with Gasteiger partial charge in [0.25, 0.3) is 5.69 Å². The van der Waals surface area contributed by atoms with Crippen molar-refractivity contribution in [3.05, 3.63) is 39.9 Å². The molecule has 0 atom stereocenters. The van der Waals surface area contributed by atoms with Crippen LogP contribution >= 0.6 is 0 Å². The second-order valence-electron chi connectivity index (χ2n) is 5.50. The minimum atomic E-state index is -0.455. The highest BCUT2D eigenvalue weighted by molar-refractivity contribution is 5.96. The molecule has 0 N–H and O–H groups in total. The van der Waals surface area contributed by atoms with Crippen LogP contribution in [0.15, 0.2) is 24.3 Å². The summed E-state index contributed by atoms with van der Waals surface area (Å²) in [6, 6.07) is 5.85. The van der Waals surface area contributed by atoms with Crippen LogP contribution in [0.25, 0.3) is 0 Å². The minimum absolute atomic E-state index is 0.0200. The molecule has 1 aromatic rings. The van der Waals surface area contributed by atoms with Crippen molar-refractivity contribution in [1.82, 2.24) is 4.90 Å². The maximum Gasteiger partial charge on any atom is 0.269 e. The molecular formula is C15H20N2O3. The van der Waals surface area contributed by atoms with Crippen molar-refractivity contribution in [3.8, 4) is 0 Å². The van der Waals surface area contributed by atoms with Crippen LogP contribution in [0.1, 0.15) is 36.5 Å². The smallest absolute Gasteiger partial charge is 0.269 e. The van der Waals surface area contributed by atoms with Gasteiger partial charge in [-0.15, -0.1) is 0 Å². The Morgan fingerprint density at radius 3 is 2.45 bits per heavy atom. The molecule has 5 nitrogen and oxygen atoms in total. The lowest BCUT2D eigenvalue weighted by Gasteiger charge is -2.29. The summed E-state index contributed by atoms with van der Waals surface area (Å²) >= 11 is 0. The van der Waals surface area contributed by atoms with Crippen LogP contribution in [0.2, 0.25) is 0 Å². The van der Waals surface area contributed by atoms with Gasteiger partial charge in [-0.05, 0) is 44.0 Å². The summed E-state index contributed by atoms with van der Waals surface area (Å²) in [4.78, 5) is 24.5. The normalized spacial score (nSPS) is 17.1. The summed E-state index contributed by atoms with van der Waals surface area (Å²) < 4.78 is 0. The van der Waals surface area contributed by atoms with Crippen molar-refractivity contribution in [2.24, 2.45) is 5.92 Å². The lowest BCUT2D eigenvalue weighted by atomic mass is 9.99. The molecule has 0 aromatic heterocycles. The van der Waals surface area contributed by atoms with Crippen molar-refractivity contribution in [3.63, 3.8) is 0 Å². The highest BCUT2D eigenvalue weighted by Crippen LogP contribution is 2.17. The monoisotopic (exact) mass is 276 g/mol. The topological polar surface area (TPSA) is 63.5 Å². The second kappa shape index (κ2) is 6.61. The molecule has 1 heterocycles. The molecule has 1 saturated heterocycles. The third-order valence-corrected chi connectivity index (χ3v) is 3.93. The maximum absolute atomic E-state index is 12.0. The van der Waals surface area contributed by atoms with Crippen molar-refractivity contribution >= 4 is 11.5 Å². The number of hydrogen-bond donors (Lipinski definition) is 0. The first kappa shape index (κ1) is 14.7. The third-order valence-electron chi connectivity index (χ3n) is 3.93. The first-order valence-electron chi connectivity index (χ1n) is 7.06. The molecule has 0 bridgehead atoms. The number of Topliss-reactive ketones (excluding diaryl/α,β-unsaturated/α-hetero) is 1. The van der Waals surface area contributed by atoms with Gasteiger partial charge in [-0.2, -0.15) is 0 Å². The summed E-state index contributed by atoms with van der Waals surface area (Å²) in [7, 11) is 0. The number of ketones is 1. The molecule has 1 aromatic carbocycles. The number of carbonyl (C=O) groups excluding carboxylic acids is 1. The summed E-state index contributed by atoms with van der Waals surface area (Å²) in [5, 5.41) is 10.6. The average molecular weight is 276 g/mol. The van der Waals surface area contributed by atoms with E-state index >= 15 is 0 Å². The number of carbonyl (C=O) groups is 1. The first-order chi connectivity index (χ1) is 9.56. The van der Waals surface area contributed by atoms with E-state index in [0.717, 1.165) is 25.6 Å². The van der Waals surface area contributed by atoms with E-state index in [9.17, 15) is 14.9 Å². The number of nitro groups is 1. The van der Waals surface area contributed by atoms with Crippen LogP contribution in [0.5, 0.6) is 0 Å². The number of hydrogen-bond acceptors (Lipinski definition) is 4. The fourth-order valence-electron chi connectivity index (χ4n) is 2.46. The Labute approximate surface area is 118 Å². The van der Waals surface area contributed by atoms with E-state index in [1.54, 1.807) is 12.1 Å². The van der Waals surface area contributed by atoms with Gasteiger partial charge >= 0.3 is 0 Å². The van der Waals surface area contributed by atoms with E-state index in [1.807, 2.05) is 0 Å². The highest BCUT2D eigenvalue weighted by atomic mass is 16.6. The van der Waals surface area contributed by atoms with Gasteiger partial charge in [0.15, 0.2) is 5.78 Å². The van der Waals surface area contributed by atoms with Gasteiger partial charge < -0.3 is 4.90 Å². The molecule has 2 rings (SSSR count). The predicted octanol–water partition coefficient (Wildman–Crippen LogP) is 2.90. The highest BCUT2D eigenvalue weighted by Gasteiger charge is 2.17. The predicted molar refractivity (Wildman–Crippen MR) is 76.9 cm³/mol. The van der Waals surface area contributed by atoms with E-state index in [0.29, 0.717) is 12.0 Å². The largest absolute Gasteiger partial charge is 0.303 e. The number of piperidine rings is 1. The SMILES string of the molecule is CC1CCN(CCC(=O)c2ccc([N+](=O)[O-])cc2)CC1. The molecule has 20 heavy (non-hydrogen) atoms. The second-order valence-corrected chi connectivity index (χ2v) is 5.50. The standard InChI is InChI=1S/C15H20N2O3/c1-12-6-9-16(10-7-12)11-8-15(18)13-2-4-14(5-3-13)17(19)20/h2-5,12H,6-11H2,1H3. The van der Waals surface area contributed by atoms with Crippen molar-refractivity contribution < 1.29 is 9.72 Å². The number of rotatable bonds is 5. The summed E-state index contributed by atoms with van der Waals surface area (Å²) in [6.45, 7) is 5.17. The molecule has 0 amide bonds. The van der Waals surface area contributed by atoms with Gasteiger partial charge in [0.2, 0.25) is 0 Å². The van der Waals surface area contributed by atoms with E-state index in [2.05, 4.69) is 11.8 Å². The Kier molecular flexibility index (Phi) is 4.84. The van der Waals surface area contributed by atoms with Gasteiger partial charge in [-0.3, -0.25) is 14.9 Å². The van der Waals surface area contributed by atoms with Crippen LogP contribution in [0.4, 0.5) is 5.69 Å². The lowest BCUT2D eigenvalue weighted by Crippen LogP contribution is -2.34. The van der Waals surface area contributed by atoms with Gasteiger partial charge in [-0.1, -0.05) is 6.92 Å². The molecule has 0 radical (unpaired) electrons. The molecule has 5 heteroatoms. The van der Waals surface area contributed by atoms with Crippen LogP contribution < -0.4 is 0 Å². The van der Waals surface area contributed by atoms with Crippen LogP contribution in [0, 0.1) is 16.0 Å². The fourth-order valence-corrected chi connectivity index (χ4v) is 2.46. The Hall–Kier alpha value is -1.75. The quantitative estimate of drug-likeness (QED) is 0.471. The molecule has 0 spiro atoms. The van der Waals surface area contributed by atoms with Crippen molar-refractivity contribution in [2.75, 3.05) is 19.6 Å². The van der Waals surface area contributed by atoms with E-state index in [4.69, 9.17) is 0 Å². The number of nitrogens with zero attached hydrogens (tertiary/aromatic N) is 2. The average Bonchev–Trinajstić information content (AvgIpc) is 2.46. The van der Waals surface area contributed by atoms with Gasteiger partial charge in [0, 0.05) is 30.7 Å². The zero-order valence-electron chi connectivity index (χ0n) is 11.7. The molecule has 1 fully saturated rings. The van der Waals surface area contributed by atoms with Gasteiger partial charge in [0.1, 0.15) is 0 Å². The molecule has 0 saturated carbocycles. The van der Waals surface area contributed by atoms with Gasteiger partial charge in [0.05, 0.1) is 4.92 Å². The van der Waals surface area contributed by atoms with Crippen LogP contribution in [-0.2, 0) is 0 Å². The molecule has 0 aliphatic carbocycles. The Morgan fingerprint density at radius 2 is 1.90 bits per heavy atom. The number of non-ortho nitro benzene ring substituents is 1. The summed E-state index contributed by atoms with van der Waals surface area (Å²) in [5.74, 6) is 0.843. The molecular weight excluding hydrogens is 256 g/mol. The first-order valence-corrected chi connectivity index (χ1v) is 7.06. The maximum atomic E-state index is 12.0. The van der Waals surface area contributed by atoms with Crippen molar-refractivity contribution in [2.45, 2.75) is 26.2 Å². The van der Waals surface area contributed by atoms with Crippen molar-refractivity contribution in [1.29, 1.82) is 0 Å². The van der Waals surface area contributed by atoms with E-state index in [-0.39, 0.29) is 11.5 Å². The summed E-state index contributed by atoms with van der Waals surface area (Å²) in [5.41, 5.74) is 0.576. The lowest BCUT2D eigenvalue weighted by molar-refractivity contribution is -0.384. The Bertz CT molecular complexity index is 476. The zero-order chi connectivity index (χ0) is 14.5. The molecule has 0 unspecified atom stereocenters. The van der Waals surface area contributed by atoms with Crippen LogP contribution in [0.3, 0.4) is 0 Å². The Morgan fingerprint density at radius 1 is 1.30 bits per heavy atom. The third kappa shape index (κ3) is 3.87. The van der Waals surface area contributed by atoms with Gasteiger partial charge in [-0.25, -0.2) is 0 Å². The fraction of sp³-hybridized carbons (Fsp3) is 0.533. The molecule has 1 aliphatic rings. The minimum Gasteiger partial charge on any atom is -0.303 e. The summed E-state index contributed by atoms with van der Waals surface area (Å²) in [6.07, 6.45) is 2.88. The number of benzene rings is 1. The molecule has 108 valence electrons. The van der Waals surface area contributed by atoms with E-state index < -0.39 is 4.92 Å². The van der Waals surface area contributed by atoms with E-state index in [1.165, 1.54) is 25.0 Å². The van der Waals surface area contributed by atoms with Crippen LogP contribution in [-0.4, -0.2) is 35.2 Å². The Balaban J connectivity index is 1.84. The number of likely N-dealkylation sites (tertiary alicyclic amines) is 1. The number of nitro benzene ring substituents is 1. The zero-order valence-corrected chi connectivity index (χ0v) is 11.7.